The zero-order valence-electron chi connectivity index (χ0n) is 21.2. The highest BCUT2D eigenvalue weighted by atomic mass is 16.4. The Morgan fingerprint density at radius 1 is 1.11 bits per heavy atom. The number of carboxylic acids is 1. The quantitative estimate of drug-likeness (QED) is 0.259. The van der Waals surface area contributed by atoms with Gasteiger partial charge >= 0.3 is 17.6 Å². The number of furan rings is 1. The van der Waals surface area contributed by atoms with E-state index >= 15 is 0 Å². The Labute approximate surface area is 208 Å². The first-order chi connectivity index (χ1) is 16.8. The van der Waals surface area contributed by atoms with E-state index in [1.165, 1.54) is 0 Å². The van der Waals surface area contributed by atoms with E-state index in [9.17, 15) is 24.3 Å². The van der Waals surface area contributed by atoms with Gasteiger partial charge in [0.25, 0.3) is 0 Å². The second kappa shape index (κ2) is 10.4. The van der Waals surface area contributed by atoms with E-state index in [0.29, 0.717) is 28.7 Å². The number of fused-ring (bicyclic) bond motifs is 2. The third-order valence-electron chi connectivity index (χ3n) is 6.35. The molecule has 0 fully saturated rings. The number of carboxylic acid groups (broad SMARTS) is 1. The van der Waals surface area contributed by atoms with Crippen LogP contribution < -0.4 is 22.0 Å². The number of rotatable bonds is 9. The number of hydrogen-bond acceptors (Lipinski definition) is 6. The van der Waals surface area contributed by atoms with E-state index in [-0.39, 0.29) is 31.2 Å². The standard InChI is InChI=1S/C26H33N3O7/c1-13-15(8-9-20(30)29-19(23(31)32)7-6-10-28-25(27)34)24(33)36-22-14(2)21-17(11-16(13)22)18(12-35-21)26(3,4)5/h11-12,19H,6-10H2,1-5H3,(H,29,30)(H,31,32)(H3,27,28,34). The van der Waals surface area contributed by atoms with Crippen LogP contribution in [0.5, 0.6) is 0 Å². The fourth-order valence-corrected chi connectivity index (χ4v) is 4.35. The number of nitrogens with one attached hydrogen (secondary N) is 2. The average molecular weight is 500 g/mol. The largest absolute Gasteiger partial charge is 0.480 e. The summed E-state index contributed by atoms with van der Waals surface area (Å²) < 4.78 is 11.5. The van der Waals surface area contributed by atoms with Crippen molar-refractivity contribution in [2.24, 2.45) is 5.73 Å². The number of aliphatic carboxylic acids is 1. The first-order valence-electron chi connectivity index (χ1n) is 11.8. The first-order valence-corrected chi connectivity index (χ1v) is 11.8. The van der Waals surface area contributed by atoms with Gasteiger partial charge < -0.3 is 30.3 Å². The lowest BCUT2D eigenvalue weighted by Crippen LogP contribution is -2.41. The Bertz CT molecular complexity index is 1380. The van der Waals surface area contributed by atoms with Gasteiger partial charge in [-0.1, -0.05) is 20.8 Å². The lowest BCUT2D eigenvalue weighted by atomic mass is 9.86. The van der Waals surface area contributed by atoms with Gasteiger partial charge in [0.2, 0.25) is 5.91 Å². The second-order valence-electron chi connectivity index (χ2n) is 10.0. The molecule has 3 aromatic rings. The molecule has 5 N–H and O–H groups in total. The molecule has 0 aliphatic carbocycles. The highest BCUT2D eigenvalue weighted by molar-refractivity contribution is 6.00. The van der Waals surface area contributed by atoms with Crippen molar-refractivity contribution >= 4 is 39.8 Å². The molecule has 0 aliphatic rings. The third-order valence-corrected chi connectivity index (χ3v) is 6.35. The molecule has 0 radical (unpaired) electrons. The van der Waals surface area contributed by atoms with Crippen LogP contribution >= 0.6 is 0 Å². The molecule has 2 aromatic heterocycles. The number of aryl methyl sites for hydroxylation is 2. The molecule has 0 saturated carbocycles. The van der Waals surface area contributed by atoms with Crippen molar-refractivity contribution in [2.45, 2.75) is 71.8 Å². The molecule has 1 unspecified atom stereocenters. The summed E-state index contributed by atoms with van der Waals surface area (Å²) in [5.74, 6) is -1.68. The molecular formula is C26H33N3O7. The van der Waals surface area contributed by atoms with Crippen molar-refractivity contribution in [2.75, 3.05) is 6.54 Å². The first kappa shape index (κ1) is 26.8. The lowest BCUT2D eigenvalue weighted by Gasteiger charge is -2.17. The third kappa shape index (κ3) is 5.69. The van der Waals surface area contributed by atoms with Gasteiger partial charge in [0.1, 0.15) is 17.2 Å². The molecule has 2 heterocycles. The number of amides is 3. The van der Waals surface area contributed by atoms with Crippen LogP contribution in [0.1, 0.15) is 62.3 Å². The summed E-state index contributed by atoms with van der Waals surface area (Å²) in [6.07, 6.45) is 2.19. The van der Waals surface area contributed by atoms with Gasteiger partial charge in [-0.3, -0.25) is 4.79 Å². The Kier molecular flexibility index (Phi) is 7.76. The van der Waals surface area contributed by atoms with Crippen LogP contribution in [-0.2, 0) is 21.4 Å². The Balaban J connectivity index is 1.82. The molecule has 10 nitrogen and oxygen atoms in total. The molecule has 10 heteroatoms. The fourth-order valence-electron chi connectivity index (χ4n) is 4.35. The van der Waals surface area contributed by atoms with E-state index in [1.807, 2.05) is 19.9 Å². The molecule has 1 atom stereocenters. The number of primary amides is 1. The van der Waals surface area contributed by atoms with Crippen LogP contribution in [0.4, 0.5) is 4.79 Å². The van der Waals surface area contributed by atoms with Gasteiger partial charge in [0, 0.05) is 40.4 Å². The molecule has 0 spiro atoms. The van der Waals surface area contributed by atoms with Crippen molar-refractivity contribution in [3.63, 3.8) is 0 Å². The fraction of sp³-hybridized carbons (Fsp3) is 0.462. The number of carbonyl (C=O) groups is 3. The van der Waals surface area contributed by atoms with Crippen LogP contribution in [0.25, 0.3) is 21.9 Å². The summed E-state index contributed by atoms with van der Waals surface area (Å²) in [7, 11) is 0. The minimum atomic E-state index is -1.18. The summed E-state index contributed by atoms with van der Waals surface area (Å²) in [6, 6.07) is 0.146. The smallest absolute Gasteiger partial charge is 0.339 e. The van der Waals surface area contributed by atoms with Crippen molar-refractivity contribution in [1.82, 2.24) is 10.6 Å². The van der Waals surface area contributed by atoms with Crippen molar-refractivity contribution in [3.05, 3.63) is 45.0 Å². The van der Waals surface area contributed by atoms with Crippen molar-refractivity contribution < 1.29 is 28.3 Å². The van der Waals surface area contributed by atoms with Crippen molar-refractivity contribution in [1.29, 1.82) is 0 Å². The van der Waals surface area contributed by atoms with Gasteiger partial charge in [-0.05, 0) is 50.2 Å². The van der Waals surface area contributed by atoms with Gasteiger partial charge in [0.15, 0.2) is 0 Å². The van der Waals surface area contributed by atoms with Gasteiger partial charge in [-0.15, -0.1) is 0 Å². The zero-order valence-corrected chi connectivity index (χ0v) is 21.2. The molecule has 3 amide bonds. The van der Waals surface area contributed by atoms with E-state index in [1.54, 1.807) is 6.26 Å². The van der Waals surface area contributed by atoms with Gasteiger partial charge in [-0.25, -0.2) is 14.4 Å². The Morgan fingerprint density at radius 2 is 1.81 bits per heavy atom. The zero-order chi connectivity index (χ0) is 26.8. The summed E-state index contributed by atoms with van der Waals surface area (Å²) in [4.78, 5) is 47.5. The predicted octanol–water partition coefficient (Wildman–Crippen LogP) is 3.40. The topological polar surface area (TPSA) is 165 Å². The molecule has 1 aromatic carbocycles. The van der Waals surface area contributed by atoms with E-state index in [4.69, 9.17) is 14.6 Å². The minimum Gasteiger partial charge on any atom is -0.480 e. The molecule has 0 aliphatic heterocycles. The minimum absolute atomic E-state index is 0.0827. The van der Waals surface area contributed by atoms with Crippen LogP contribution in [0.2, 0.25) is 0 Å². The van der Waals surface area contributed by atoms with Gasteiger partial charge in [-0.2, -0.15) is 0 Å². The molecule has 3 rings (SSSR count). The van der Waals surface area contributed by atoms with Crippen LogP contribution in [0.3, 0.4) is 0 Å². The Hall–Kier alpha value is -3.82. The molecular weight excluding hydrogens is 466 g/mol. The van der Waals surface area contributed by atoms with E-state index < -0.39 is 29.6 Å². The lowest BCUT2D eigenvalue weighted by molar-refractivity contribution is -0.142. The number of hydrogen-bond donors (Lipinski definition) is 4. The summed E-state index contributed by atoms with van der Waals surface area (Å²) in [6.45, 7) is 10.2. The van der Waals surface area contributed by atoms with Crippen LogP contribution in [0.15, 0.2) is 26.0 Å². The summed E-state index contributed by atoms with van der Waals surface area (Å²) in [5.41, 5.74) is 8.28. The number of benzene rings is 1. The molecule has 0 saturated heterocycles. The van der Waals surface area contributed by atoms with E-state index in [2.05, 4.69) is 31.4 Å². The maximum atomic E-state index is 12.8. The van der Waals surface area contributed by atoms with Crippen molar-refractivity contribution in [3.8, 4) is 0 Å². The Morgan fingerprint density at radius 3 is 2.42 bits per heavy atom. The van der Waals surface area contributed by atoms with Crippen LogP contribution in [-0.4, -0.2) is 35.6 Å². The average Bonchev–Trinajstić information content (AvgIpc) is 3.21. The SMILES string of the molecule is Cc1c(CCC(=O)NC(CCCNC(N)=O)C(=O)O)c(=O)oc2c(C)c3occ(C(C)(C)C)c3cc12. The van der Waals surface area contributed by atoms with Gasteiger partial charge in [0.05, 0.1) is 6.26 Å². The molecule has 194 valence electrons. The molecule has 0 bridgehead atoms. The van der Waals surface area contributed by atoms with Crippen LogP contribution in [0, 0.1) is 13.8 Å². The maximum Gasteiger partial charge on any atom is 0.339 e. The number of carbonyl (C=O) groups excluding carboxylic acids is 2. The highest BCUT2D eigenvalue weighted by Gasteiger charge is 2.24. The maximum absolute atomic E-state index is 12.8. The summed E-state index contributed by atoms with van der Waals surface area (Å²) >= 11 is 0. The second-order valence-corrected chi connectivity index (χ2v) is 10.0. The predicted molar refractivity (Wildman–Crippen MR) is 135 cm³/mol. The normalized spacial score (nSPS) is 12.6. The summed E-state index contributed by atoms with van der Waals surface area (Å²) in [5, 5.41) is 16.0. The highest BCUT2D eigenvalue weighted by Crippen LogP contribution is 2.37. The number of nitrogens with two attached hydrogens (primary N) is 1. The monoisotopic (exact) mass is 499 g/mol. The van der Waals surface area contributed by atoms with E-state index in [0.717, 1.165) is 21.9 Å². The number of urea groups is 1. The molecule has 36 heavy (non-hydrogen) atoms.